The van der Waals surface area contributed by atoms with Crippen molar-refractivity contribution in [3.05, 3.63) is 59.3 Å². The van der Waals surface area contributed by atoms with Crippen LogP contribution in [0.5, 0.6) is 5.88 Å². The van der Waals surface area contributed by atoms with Crippen LogP contribution in [-0.2, 0) is 12.3 Å². The van der Waals surface area contributed by atoms with Crippen LogP contribution in [0.4, 0.5) is 13.2 Å². The van der Waals surface area contributed by atoms with Crippen LogP contribution in [0.25, 0.3) is 0 Å². The number of benzene rings is 1. The summed E-state index contributed by atoms with van der Waals surface area (Å²) in [5.74, 6) is 1.45. The molecule has 0 spiro atoms. The van der Waals surface area contributed by atoms with E-state index in [0.29, 0.717) is 11.1 Å². The number of amides is 1. The maximum atomic E-state index is 12.3. The molecule has 0 saturated carbocycles. The average Bonchev–Trinajstić information content (AvgIpc) is 2.63. The number of ether oxygens (including phenoxy) is 1. The van der Waals surface area contributed by atoms with E-state index < -0.39 is 12.8 Å². The van der Waals surface area contributed by atoms with Crippen molar-refractivity contribution in [2.45, 2.75) is 25.4 Å². The lowest BCUT2D eigenvalue weighted by Crippen LogP contribution is -2.24. The molecule has 0 aliphatic rings. The van der Waals surface area contributed by atoms with Crippen LogP contribution in [0.1, 0.15) is 28.4 Å². The summed E-state index contributed by atoms with van der Waals surface area (Å²) in [7, 11) is 0. The quantitative estimate of drug-likeness (QED) is 0.741. The topological polar surface area (TPSA) is 51.2 Å². The predicted octanol–water partition coefficient (Wildman–Crippen LogP) is 4.21. The fraction of sp³-hybridized carbons (Fsp3) is 0.333. The number of hydrogen-bond acceptors (Lipinski definition) is 4. The van der Waals surface area contributed by atoms with Gasteiger partial charge in [0.2, 0.25) is 5.88 Å². The molecule has 0 aliphatic carbocycles. The van der Waals surface area contributed by atoms with E-state index in [1.54, 1.807) is 36.0 Å². The average molecular weight is 384 g/mol. The summed E-state index contributed by atoms with van der Waals surface area (Å²) in [6.07, 6.45) is -3.11. The molecule has 0 unspecified atom stereocenters. The van der Waals surface area contributed by atoms with Crippen LogP contribution in [0, 0.1) is 0 Å². The molecule has 1 amide bonds. The Balaban J connectivity index is 1.94. The van der Waals surface area contributed by atoms with Crippen LogP contribution in [0.15, 0.2) is 42.6 Å². The Kier molecular flexibility index (Phi) is 7.32. The van der Waals surface area contributed by atoms with E-state index in [2.05, 4.69) is 17.2 Å². The van der Waals surface area contributed by atoms with Crippen molar-refractivity contribution in [1.82, 2.24) is 10.3 Å². The van der Waals surface area contributed by atoms with Gasteiger partial charge < -0.3 is 10.1 Å². The highest BCUT2D eigenvalue weighted by atomic mass is 32.2. The summed E-state index contributed by atoms with van der Waals surface area (Å²) >= 11 is 1.79. The number of nitrogens with one attached hydrogen (secondary N) is 1. The van der Waals surface area contributed by atoms with Crippen molar-refractivity contribution in [3.63, 3.8) is 0 Å². The predicted molar refractivity (Wildman–Crippen MR) is 95.2 cm³/mol. The number of carbonyl (C=O) groups excluding carboxylic acids is 1. The molecule has 1 N–H and O–H groups in total. The van der Waals surface area contributed by atoms with Gasteiger partial charge in [-0.05, 0) is 29.5 Å². The van der Waals surface area contributed by atoms with Crippen molar-refractivity contribution in [2.75, 3.05) is 12.4 Å². The molecule has 1 aromatic heterocycles. The van der Waals surface area contributed by atoms with Gasteiger partial charge in [-0.1, -0.05) is 25.1 Å². The number of carbonyl (C=O) groups is 1. The van der Waals surface area contributed by atoms with E-state index >= 15 is 0 Å². The zero-order chi connectivity index (χ0) is 19.0. The molecule has 2 aromatic rings. The molecule has 140 valence electrons. The normalized spacial score (nSPS) is 11.2. The summed E-state index contributed by atoms with van der Waals surface area (Å²) in [6.45, 7) is 0.674. The second kappa shape index (κ2) is 9.47. The zero-order valence-corrected chi connectivity index (χ0v) is 15.0. The van der Waals surface area contributed by atoms with Gasteiger partial charge in [-0.3, -0.25) is 4.79 Å². The van der Waals surface area contributed by atoms with Gasteiger partial charge in [0, 0.05) is 29.6 Å². The third-order valence-electron chi connectivity index (χ3n) is 3.35. The Morgan fingerprint density at radius 1 is 1.23 bits per heavy atom. The molecular formula is C18H19F3N2O2S. The number of hydrogen-bond donors (Lipinski definition) is 1. The number of nitrogens with zero attached hydrogens (tertiary/aromatic N) is 1. The minimum absolute atomic E-state index is 0.0211. The Labute approximate surface area is 154 Å². The smallest absolute Gasteiger partial charge is 0.422 e. The van der Waals surface area contributed by atoms with Gasteiger partial charge in [-0.25, -0.2) is 4.98 Å². The van der Waals surface area contributed by atoms with Gasteiger partial charge in [0.05, 0.1) is 0 Å². The van der Waals surface area contributed by atoms with Crippen molar-refractivity contribution in [1.29, 1.82) is 0 Å². The van der Waals surface area contributed by atoms with Gasteiger partial charge in [0.15, 0.2) is 6.61 Å². The van der Waals surface area contributed by atoms with Gasteiger partial charge >= 0.3 is 6.18 Å². The highest BCUT2D eigenvalue weighted by Crippen LogP contribution is 2.20. The molecule has 4 nitrogen and oxygen atoms in total. The number of pyridine rings is 1. The molecule has 26 heavy (non-hydrogen) atoms. The molecule has 0 bridgehead atoms. The molecular weight excluding hydrogens is 365 g/mol. The summed E-state index contributed by atoms with van der Waals surface area (Å²) < 4.78 is 41.6. The van der Waals surface area contributed by atoms with Crippen molar-refractivity contribution in [2.24, 2.45) is 0 Å². The highest BCUT2D eigenvalue weighted by molar-refractivity contribution is 7.98. The fourth-order valence-electron chi connectivity index (χ4n) is 2.09. The minimum Gasteiger partial charge on any atom is -0.468 e. The summed E-state index contributed by atoms with van der Waals surface area (Å²) in [6, 6.07) is 10.4. The molecule has 0 atom stereocenters. The van der Waals surface area contributed by atoms with Crippen LogP contribution in [0.2, 0.25) is 0 Å². The van der Waals surface area contributed by atoms with Crippen LogP contribution >= 0.6 is 11.8 Å². The van der Waals surface area contributed by atoms with E-state index in [-0.39, 0.29) is 18.3 Å². The number of thioether (sulfide) groups is 1. The number of halogens is 3. The first kappa shape index (κ1) is 20.1. The lowest BCUT2D eigenvalue weighted by molar-refractivity contribution is -0.154. The monoisotopic (exact) mass is 384 g/mol. The lowest BCUT2D eigenvalue weighted by atomic mass is 10.1. The van der Waals surface area contributed by atoms with E-state index in [4.69, 9.17) is 4.74 Å². The zero-order valence-electron chi connectivity index (χ0n) is 14.2. The Morgan fingerprint density at radius 2 is 1.96 bits per heavy atom. The SMILES string of the molecule is CCSCc1ccc(C(=O)NCc2cccnc2OCC(F)(F)F)cc1. The maximum Gasteiger partial charge on any atom is 0.422 e. The number of alkyl halides is 3. The summed E-state index contributed by atoms with van der Waals surface area (Å²) in [4.78, 5) is 16.0. The molecule has 1 aromatic carbocycles. The lowest BCUT2D eigenvalue weighted by Gasteiger charge is -2.12. The minimum atomic E-state index is -4.45. The Bertz CT molecular complexity index is 721. The number of aromatic nitrogens is 1. The van der Waals surface area contributed by atoms with Crippen LogP contribution in [0.3, 0.4) is 0 Å². The second-order valence-electron chi connectivity index (χ2n) is 5.39. The maximum absolute atomic E-state index is 12.3. The van der Waals surface area contributed by atoms with Gasteiger partial charge in [-0.15, -0.1) is 0 Å². The number of rotatable bonds is 8. The van der Waals surface area contributed by atoms with E-state index in [1.165, 1.54) is 6.20 Å². The standard InChI is InChI=1S/C18H19F3N2O2S/c1-2-26-11-13-5-7-14(8-6-13)16(24)23-10-15-4-3-9-22-17(15)25-12-18(19,20)21/h3-9H,2,10-12H2,1H3,(H,23,24). The van der Waals surface area contributed by atoms with E-state index in [0.717, 1.165) is 17.1 Å². The third kappa shape index (κ3) is 6.59. The van der Waals surface area contributed by atoms with Gasteiger partial charge in [0.1, 0.15) is 0 Å². The highest BCUT2D eigenvalue weighted by Gasteiger charge is 2.29. The molecule has 2 rings (SSSR count). The third-order valence-corrected chi connectivity index (χ3v) is 4.30. The van der Waals surface area contributed by atoms with Crippen LogP contribution < -0.4 is 10.1 Å². The van der Waals surface area contributed by atoms with E-state index in [1.807, 2.05) is 12.1 Å². The Morgan fingerprint density at radius 3 is 2.62 bits per heavy atom. The van der Waals surface area contributed by atoms with Gasteiger partial charge in [0.25, 0.3) is 5.91 Å². The van der Waals surface area contributed by atoms with Crippen molar-refractivity contribution in [3.8, 4) is 5.88 Å². The molecule has 0 fully saturated rings. The first-order valence-electron chi connectivity index (χ1n) is 7.97. The Hall–Kier alpha value is -2.22. The molecule has 1 heterocycles. The largest absolute Gasteiger partial charge is 0.468 e. The fourth-order valence-corrected chi connectivity index (χ4v) is 2.72. The molecule has 0 aliphatic heterocycles. The van der Waals surface area contributed by atoms with Gasteiger partial charge in [-0.2, -0.15) is 24.9 Å². The molecule has 8 heteroatoms. The first-order chi connectivity index (χ1) is 12.4. The first-order valence-corrected chi connectivity index (χ1v) is 9.13. The van der Waals surface area contributed by atoms with E-state index in [9.17, 15) is 18.0 Å². The summed E-state index contributed by atoms with van der Waals surface area (Å²) in [5.41, 5.74) is 1.99. The second-order valence-corrected chi connectivity index (χ2v) is 6.66. The molecule has 0 saturated heterocycles. The van der Waals surface area contributed by atoms with Crippen molar-refractivity contribution >= 4 is 17.7 Å². The summed E-state index contributed by atoms with van der Waals surface area (Å²) in [5, 5.41) is 2.67. The van der Waals surface area contributed by atoms with Crippen molar-refractivity contribution < 1.29 is 22.7 Å². The van der Waals surface area contributed by atoms with Crippen LogP contribution in [-0.4, -0.2) is 29.4 Å². The molecule has 0 radical (unpaired) electrons.